The SMILES string of the molecule is O=C(Cc1cc(-c2ccc3c(c2)OCO3)on1)N1CCCCCC1. The number of benzene rings is 1. The molecule has 6 heteroatoms. The Morgan fingerprint density at radius 1 is 1.04 bits per heavy atom. The molecule has 4 rings (SSSR count). The molecule has 1 fully saturated rings. The van der Waals surface area contributed by atoms with E-state index in [1.165, 1.54) is 12.8 Å². The van der Waals surface area contributed by atoms with Gasteiger partial charge in [0, 0.05) is 24.7 Å². The summed E-state index contributed by atoms with van der Waals surface area (Å²) in [5.74, 6) is 2.19. The highest BCUT2D eigenvalue weighted by Gasteiger charge is 2.19. The molecule has 0 aliphatic carbocycles. The molecule has 2 aliphatic heterocycles. The third-order valence-electron chi connectivity index (χ3n) is 4.51. The van der Waals surface area contributed by atoms with Crippen LogP contribution in [0.1, 0.15) is 31.4 Å². The molecule has 0 radical (unpaired) electrons. The maximum absolute atomic E-state index is 12.4. The van der Waals surface area contributed by atoms with Crippen LogP contribution in [-0.2, 0) is 11.2 Å². The van der Waals surface area contributed by atoms with Crippen LogP contribution < -0.4 is 9.47 Å². The van der Waals surface area contributed by atoms with Crippen molar-refractivity contribution in [3.63, 3.8) is 0 Å². The largest absolute Gasteiger partial charge is 0.454 e. The molecule has 0 N–H and O–H groups in total. The van der Waals surface area contributed by atoms with E-state index in [4.69, 9.17) is 14.0 Å². The van der Waals surface area contributed by atoms with Crippen LogP contribution in [0.15, 0.2) is 28.8 Å². The van der Waals surface area contributed by atoms with Gasteiger partial charge in [0.15, 0.2) is 17.3 Å². The predicted octanol–water partition coefficient (Wildman–Crippen LogP) is 3.02. The molecule has 1 amide bonds. The van der Waals surface area contributed by atoms with Gasteiger partial charge in [-0.3, -0.25) is 4.79 Å². The minimum absolute atomic E-state index is 0.127. The number of amides is 1. The van der Waals surface area contributed by atoms with Crippen LogP contribution in [0.4, 0.5) is 0 Å². The molecule has 2 aliphatic rings. The number of carbonyl (C=O) groups is 1. The van der Waals surface area contributed by atoms with Gasteiger partial charge in [0.2, 0.25) is 12.7 Å². The Labute approximate surface area is 140 Å². The van der Waals surface area contributed by atoms with E-state index in [0.717, 1.165) is 37.2 Å². The predicted molar refractivity (Wildman–Crippen MR) is 86.8 cm³/mol. The van der Waals surface area contributed by atoms with Crippen LogP contribution in [0.3, 0.4) is 0 Å². The van der Waals surface area contributed by atoms with Gasteiger partial charge in [-0.25, -0.2) is 0 Å². The molecule has 0 spiro atoms. The Morgan fingerprint density at radius 2 is 1.83 bits per heavy atom. The summed E-state index contributed by atoms with van der Waals surface area (Å²) in [6, 6.07) is 7.44. The van der Waals surface area contributed by atoms with Crippen molar-refractivity contribution in [2.45, 2.75) is 32.1 Å². The van der Waals surface area contributed by atoms with Crippen molar-refractivity contribution in [1.82, 2.24) is 10.1 Å². The fraction of sp³-hybridized carbons (Fsp3) is 0.444. The van der Waals surface area contributed by atoms with Gasteiger partial charge in [-0.05, 0) is 31.0 Å². The number of ether oxygens (including phenoxy) is 2. The minimum atomic E-state index is 0.127. The summed E-state index contributed by atoms with van der Waals surface area (Å²) in [5.41, 5.74) is 1.53. The van der Waals surface area contributed by atoms with Crippen LogP contribution in [0.5, 0.6) is 11.5 Å². The lowest BCUT2D eigenvalue weighted by Gasteiger charge is -2.19. The highest BCUT2D eigenvalue weighted by molar-refractivity contribution is 5.78. The van der Waals surface area contributed by atoms with E-state index in [1.807, 2.05) is 29.2 Å². The van der Waals surface area contributed by atoms with E-state index < -0.39 is 0 Å². The molecule has 1 saturated heterocycles. The Kier molecular flexibility index (Phi) is 4.11. The van der Waals surface area contributed by atoms with E-state index in [9.17, 15) is 4.79 Å². The van der Waals surface area contributed by atoms with Crippen molar-refractivity contribution < 1.29 is 18.8 Å². The van der Waals surface area contributed by atoms with Crippen LogP contribution in [0.25, 0.3) is 11.3 Å². The molecule has 0 atom stereocenters. The number of likely N-dealkylation sites (tertiary alicyclic amines) is 1. The molecule has 6 nitrogen and oxygen atoms in total. The van der Waals surface area contributed by atoms with Crippen LogP contribution in [0.2, 0.25) is 0 Å². The molecule has 0 saturated carbocycles. The average molecular weight is 328 g/mol. The smallest absolute Gasteiger partial charge is 0.231 e. The van der Waals surface area contributed by atoms with Gasteiger partial charge in [-0.1, -0.05) is 18.0 Å². The number of nitrogens with zero attached hydrogens (tertiary/aromatic N) is 2. The first kappa shape index (κ1) is 15.1. The van der Waals surface area contributed by atoms with E-state index in [0.29, 0.717) is 17.2 Å². The fourth-order valence-electron chi connectivity index (χ4n) is 3.17. The second-order valence-electron chi connectivity index (χ2n) is 6.22. The van der Waals surface area contributed by atoms with Gasteiger partial charge in [0.1, 0.15) is 0 Å². The standard InChI is InChI=1S/C18H20N2O4/c21-18(20-7-3-1-2-4-8-20)11-14-10-16(24-19-14)13-5-6-15-17(9-13)23-12-22-15/h5-6,9-10H,1-4,7-8,11-12H2. The zero-order chi connectivity index (χ0) is 16.4. The van der Waals surface area contributed by atoms with Crippen molar-refractivity contribution in [3.8, 4) is 22.8 Å². The normalized spacial score (nSPS) is 16.9. The molecular weight excluding hydrogens is 308 g/mol. The molecule has 0 unspecified atom stereocenters. The molecule has 24 heavy (non-hydrogen) atoms. The summed E-state index contributed by atoms with van der Waals surface area (Å²) >= 11 is 0. The van der Waals surface area contributed by atoms with Crippen molar-refractivity contribution in [2.24, 2.45) is 0 Å². The molecule has 1 aromatic heterocycles. The van der Waals surface area contributed by atoms with Crippen molar-refractivity contribution in [2.75, 3.05) is 19.9 Å². The number of aromatic nitrogens is 1. The van der Waals surface area contributed by atoms with Gasteiger partial charge in [-0.2, -0.15) is 0 Å². The van der Waals surface area contributed by atoms with Gasteiger partial charge in [-0.15, -0.1) is 0 Å². The number of carbonyl (C=O) groups excluding carboxylic acids is 1. The second-order valence-corrected chi connectivity index (χ2v) is 6.22. The molecule has 1 aromatic carbocycles. The monoisotopic (exact) mass is 328 g/mol. The van der Waals surface area contributed by atoms with Gasteiger partial charge >= 0.3 is 0 Å². The second kappa shape index (κ2) is 6.55. The zero-order valence-corrected chi connectivity index (χ0v) is 13.5. The summed E-state index contributed by atoms with van der Waals surface area (Å²) in [4.78, 5) is 14.4. The first-order valence-corrected chi connectivity index (χ1v) is 8.43. The Morgan fingerprint density at radius 3 is 2.67 bits per heavy atom. The average Bonchev–Trinajstić information content (AvgIpc) is 3.16. The summed E-state index contributed by atoms with van der Waals surface area (Å²) in [7, 11) is 0. The maximum Gasteiger partial charge on any atom is 0.231 e. The lowest BCUT2D eigenvalue weighted by atomic mass is 10.1. The quantitative estimate of drug-likeness (QED) is 0.866. The summed E-state index contributed by atoms with van der Waals surface area (Å²) in [6.07, 6.45) is 4.89. The van der Waals surface area contributed by atoms with Crippen LogP contribution >= 0.6 is 0 Å². The topological polar surface area (TPSA) is 64.8 Å². The lowest BCUT2D eigenvalue weighted by Crippen LogP contribution is -2.33. The summed E-state index contributed by atoms with van der Waals surface area (Å²) in [6.45, 7) is 1.95. The molecular formula is C18H20N2O4. The zero-order valence-electron chi connectivity index (χ0n) is 13.5. The van der Waals surface area contributed by atoms with Crippen molar-refractivity contribution >= 4 is 5.91 Å². The third kappa shape index (κ3) is 3.09. The fourth-order valence-corrected chi connectivity index (χ4v) is 3.17. The summed E-state index contributed by atoms with van der Waals surface area (Å²) < 4.78 is 16.1. The van der Waals surface area contributed by atoms with Crippen LogP contribution in [0, 0.1) is 0 Å². The third-order valence-corrected chi connectivity index (χ3v) is 4.51. The van der Waals surface area contributed by atoms with Gasteiger partial charge in [0.05, 0.1) is 12.1 Å². The number of hydrogen-bond donors (Lipinski definition) is 0. The summed E-state index contributed by atoms with van der Waals surface area (Å²) in [5, 5.41) is 4.05. The highest BCUT2D eigenvalue weighted by atomic mass is 16.7. The maximum atomic E-state index is 12.4. The molecule has 126 valence electrons. The Balaban J connectivity index is 1.45. The van der Waals surface area contributed by atoms with Crippen molar-refractivity contribution in [1.29, 1.82) is 0 Å². The van der Waals surface area contributed by atoms with Crippen molar-refractivity contribution in [3.05, 3.63) is 30.0 Å². The first-order chi connectivity index (χ1) is 11.8. The first-order valence-electron chi connectivity index (χ1n) is 8.43. The van der Waals surface area contributed by atoms with E-state index in [1.54, 1.807) is 0 Å². The number of hydrogen-bond acceptors (Lipinski definition) is 5. The van der Waals surface area contributed by atoms with Gasteiger partial charge < -0.3 is 18.9 Å². The molecule has 3 heterocycles. The molecule has 2 aromatic rings. The Bertz CT molecular complexity index is 732. The van der Waals surface area contributed by atoms with E-state index in [2.05, 4.69) is 5.16 Å². The van der Waals surface area contributed by atoms with E-state index in [-0.39, 0.29) is 19.1 Å². The Hall–Kier alpha value is -2.50. The van der Waals surface area contributed by atoms with E-state index >= 15 is 0 Å². The molecule has 0 bridgehead atoms. The number of fused-ring (bicyclic) bond motifs is 1. The van der Waals surface area contributed by atoms with Crippen LogP contribution in [-0.4, -0.2) is 35.8 Å². The lowest BCUT2D eigenvalue weighted by molar-refractivity contribution is -0.130. The minimum Gasteiger partial charge on any atom is -0.454 e. The number of rotatable bonds is 3. The highest BCUT2D eigenvalue weighted by Crippen LogP contribution is 2.36. The van der Waals surface area contributed by atoms with Gasteiger partial charge in [0.25, 0.3) is 0 Å².